The van der Waals surface area contributed by atoms with Gasteiger partial charge in [-0.25, -0.2) is 0 Å². The number of hydrogen-bond acceptors (Lipinski definition) is 4. The Bertz CT molecular complexity index is 1120. The molecule has 1 aliphatic rings. The van der Waals surface area contributed by atoms with Crippen LogP contribution < -0.4 is 4.74 Å². The smallest absolute Gasteiger partial charge is 0.185 e. The minimum atomic E-state index is 0.528. The Kier molecular flexibility index (Phi) is 6.01. The molecular weight excluding hydrogens is 371 g/mol. The van der Waals surface area contributed by atoms with Crippen LogP contribution in [0.2, 0.25) is 0 Å². The zero-order valence-corrected chi connectivity index (χ0v) is 17.5. The van der Waals surface area contributed by atoms with Gasteiger partial charge in [0, 0.05) is 29.4 Å². The molecule has 0 saturated carbocycles. The second-order valence-electron chi connectivity index (χ2n) is 7.52. The van der Waals surface area contributed by atoms with Crippen molar-refractivity contribution in [3.63, 3.8) is 0 Å². The fourth-order valence-electron chi connectivity index (χ4n) is 3.92. The predicted molar refractivity (Wildman–Crippen MR) is 124 cm³/mol. The van der Waals surface area contributed by atoms with Gasteiger partial charge in [0.25, 0.3) is 0 Å². The highest BCUT2D eigenvalue weighted by Crippen LogP contribution is 2.30. The number of rotatable bonds is 6. The fourth-order valence-corrected chi connectivity index (χ4v) is 3.92. The van der Waals surface area contributed by atoms with Gasteiger partial charge in [-0.15, -0.1) is 6.42 Å². The Balaban J connectivity index is 1.61. The van der Waals surface area contributed by atoms with Gasteiger partial charge in [-0.3, -0.25) is 9.67 Å². The highest BCUT2D eigenvalue weighted by molar-refractivity contribution is 6.04. The summed E-state index contributed by atoms with van der Waals surface area (Å²) in [5.41, 5.74) is 3.11. The maximum absolute atomic E-state index is 5.89. The van der Waals surface area contributed by atoms with Gasteiger partial charge in [0.2, 0.25) is 0 Å². The van der Waals surface area contributed by atoms with Crippen LogP contribution in [0.3, 0.4) is 0 Å². The van der Waals surface area contributed by atoms with Crippen LogP contribution in [0, 0.1) is 12.3 Å². The van der Waals surface area contributed by atoms with Crippen molar-refractivity contribution in [1.82, 2.24) is 19.6 Å². The Labute approximate surface area is 178 Å². The Morgan fingerprint density at radius 2 is 2.17 bits per heavy atom. The summed E-state index contributed by atoms with van der Waals surface area (Å²) in [4.78, 5) is 6.76. The first-order valence-electron chi connectivity index (χ1n) is 10.3. The molecule has 0 spiro atoms. The summed E-state index contributed by atoms with van der Waals surface area (Å²) in [7, 11) is 2.20. The largest absolute Gasteiger partial charge is 0.458 e. The van der Waals surface area contributed by atoms with E-state index >= 15 is 0 Å². The summed E-state index contributed by atoms with van der Waals surface area (Å²) in [5, 5.41) is 6.04. The summed E-state index contributed by atoms with van der Waals surface area (Å²) in [6, 6.07) is 10.6. The number of benzene rings is 1. The van der Waals surface area contributed by atoms with Crippen molar-refractivity contribution in [2.24, 2.45) is 0 Å². The second kappa shape index (κ2) is 9.02. The van der Waals surface area contributed by atoms with E-state index in [0.717, 1.165) is 41.0 Å². The first-order chi connectivity index (χ1) is 14.7. The molecule has 1 atom stereocenters. The maximum Gasteiger partial charge on any atom is 0.185 e. The van der Waals surface area contributed by atoms with Gasteiger partial charge in [-0.05, 0) is 74.9 Å². The number of aromatic nitrogens is 3. The zero-order chi connectivity index (χ0) is 20.9. The van der Waals surface area contributed by atoms with Gasteiger partial charge >= 0.3 is 0 Å². The number of fused-ring (bicyclic) bond motifs is 1. The number of hydrogen-bond donors (Lipinski definition) is 0. The Morgan fingerprint density at radius 3 is 2.87 bits per heavy atom. The molecule has 2 aromatic heterocycles. The molecule has 0 aliphatic carbocycles. The zero-order valence-electron chi connectivity index (χ0n) is 17.5. The molecule has 0 N–H and O–H groups in total. The van der Waals surface area contributed by atoms with Crippen LogP contribution in [0.25, 0.3) is 22.2 Å². The van der Waals surface area contributed by atoms with Crippen molar-refractivity contribution >= 4 is 18.9 Å². The monoisotopic (exact) mass is 396 g/mol. The van der Waals surface area contributed by atoms with Crippen molar-refractivity contribution in [2.45, 2.75) is 32.4 Å². The van der Waals surface area contributed by atoms with Gasteiger partial charge < -0.3 is 9.55 Å². The van der Waals surface area contributed by atoms with E-state index in [9.17, 15) is 0 Å². The minimum absolute atomic E-state index is 0.528. The predicted octanol–water partition coefficient (Wildman–Crippen LogP) is 3.58. The maximum atomic E-state index is 5.89. The molecule has 3 aromatic rings. The lowest BCUT2D eigenvalue weighted by Gasteiger charge is -2.20. The lowest BCUT2D eigenvalue weighted by molar-refractivity contribution is 0.364. The molecule has 5 nitrogen and oxygen atoms in total. The van der Waals surface area contributed by atoms with Gasteiger partial charge in [0.15, 0.2) is 7.98 Å². The van der Waals surface area contributed by atoms with Crippen molar-refractivity contribution in [3.05, 3.63) is 66.7 Å². The fraction of sp³-hybridized carbons (Fsp3) is 0.250. The molecule has 4 rings (SSSR count). The molecule has 3 heterocycles. The molecule has 150 valence electrons. The van der Waals surface area contributed by atoms with Crippen molar-refractivity contribution < 1.29 is 4.74 Å². The van der Waals surface area contributed by atoms with E-state index in [1.807, 2.05) is 49.7 Å². The minimum Gasteiger partial charge on any atom is -0.458 e. The molecule has 1 fully saturated rings. The van der Waals surface area contributed by atoms with Crippen LogP contribution in [0.15, 0.2) is 66.7 Å². The first kappa shape index (κ1) is 20.0. The van der Waals surface area contributed by atoms with Crippen LogP contribution in [-0.4, -0.2) is 40.1 Å². The SMILES string of the molecule is BN1CCC[C@@H]1Cn1nc(-c2ccc(OC(/C=C\C#C)=C/C)cc2)c2cnccc21. The van der Waals surface area contributed by atoms with E-state index in [2.05, 4.69) is 34.4 Å². The highest BCUT2D eigenvalue weighted by Gasteiger charge is 2.23. The summed E-state index contributed by atoms with van der Waals surface area (Å²) < 4.78 is 8.02. The van der Waals surface area contributed by atoms with Crippen LogP contribution in [0.4, 0.5) is 0 Å². The molecule has 0 amide bonds. The second-order valence-corrected chi connectivity index (χ2v) is 7.52. The van der Waals surface area contributed by atoms with Gasteiger partial charge in [-0.1, -0.05) is 5.92 Å². The Hall–Kier alpha value is -3.30. The Morgan fingerprint density at radius 1 is 1.33 bits per heavy atom. The molecule has 0 unspecified atom stereocenters. The average molecular weight is 396 g/mol. The third-order valence-corrected chi connectivity index (χ3v) is 5.60. The van der Waals surface area contributed by atoms with E-state index in [0.29, 0.717) is 11.8 Å². The number of nitrogens with zero attached hydrogens (tertiary/aromatic N) is 4. The lowest BCUT2D eigenvalue weighted by atomic mass is 10.1. The van der Waals surface area contributed by atoms with E-state index in [1.54, 1.807) is 12.2 Å². The van der Waals surface area contributed by atoms with Gasteiger partial charge in [-0.2, -0.15) is 5.10 Å². The van der Waals surface area contributed by atoms with E-state index in [-0.39, 0.29) is 0 Å². The average Bonchev–Trinajstić information content (AvgIpc) is 3.35. The van der Waals surface area contributed by atoms with E-state index in [4.69, 9.17) is 16.3 Å². The lowest BCUT2D eigenvalue weighted by Crippen LogP contribution is -2.30. The molecule has 0 bridgehead atoms. The number of terminal acetylenes is 1. The van der Waals surface area contributed by atoms with Crippen LogP contribution >= 0.6 is 0 Å². The van der Waals surface area contributed by atoms with E-state index < -0.39 is 0 Å². The summed E-state index contributed by atoms with van der Waals surface area (Å²) in [5.74, 6) is 3.94. The van der Waals surface area contributed by atoms with Gasteiger partial charge in [0.05, 0.1) is 12.1 Å². The normalized spacial score (nSPS) is 17.6. The molecule has 1 saturated heterocycles. The van der Waals surface area contributed by atoms with Gasteiger partial charge in [0.1, 0.15) is 17.2 Å². The summed E-state index contributed by atoms with van der Waals surface area (Å²) >= 11 is 0. The van der Waals surface area contributed by atoms with Crippen LogP contribution in [-0.2, 0) is 6.54 Å². The molecule has 6 heteroatoms. The number of pyridine rings is 1. The van der Waals surface area contributed by atoms with Crippen molar-refractivity contribution in [1.29, 1.82) is 0 Å². The third-order valence-electron chi connectivity index (χ3n) is 5.60. The number of allylic oxidation sites excluding steroid dienone is 3. The molecular formula is C24H25BN4O. The molecule has 1 aromatic carbocycles. The highest BCUT2D eigenvalue weighted by atomic mass is 16.5. The summed E-state index contributed by atoms with van der Waals surface area (Å²) in [6.45, 7) is 3.97. The standard InChI is InChI=1S/C24H25BN4O/c1-3-5-8-20(4-2)30-21-11-9-18(10-12-21)24-22-16-26-14-13-23(22)29(27-24)17-19-7-6-15-28(19)25/h1,4-5,8-14,16,19H,6-7,15,17,25H2,2H3/b8-5-,20-4+/t19-/m1/s1. The van der Waals surface area contributed by atoms with Crippen molar-refractivity contribution in [2.75, 3.05) is 6.54 Å². The molecule has 30 heavy (non-hydrogen) atoms. The topological polar surface area (TPSA) is 43.2 Å². The third kappa shape index (κ3) is 4.17. The van der Waals surface area contributed by atoms with Crippen LogP contribution in [0.1, 0.15) is 19.8 Å². The van der Waals surface area contributed by atoms with E-state index in [1.165, 1.54) is 12.8 Å². The number of ether oxygens (including phenoxy) is 1. The molecule has 1 aliphatic heterocycles. The summed E-state index contributed by atoms with van der Waals surface area (Å²) in [6.07, 6.45) is 16.8. The quantitative estimate of drug-likeness (QED) is 0.277. The van der Waals surface area contributed by atoms with Crippen molar-refractivity contribution in [3.8, 4) is 29.4 Å². The first-order valence-corrected chi connectivity index (χ1v) is 10.3. The molecule has 0 radical (unpaired) electrons. The van der Waals surface area contributed by atoms with Crippen LogP contribution in [0.5, 0.6) is 5.75 Å².